The van der Waals surface area contributed by atoms with Crippen LogP contribution in [0.4, 0.5) is 5.69 Å². The van der Waals surface area contributed by atoms with Gasteiger partial charge in [-0.2, -0.15) is 0 Å². The average molecular weight is 672 g/mol. The number of hydrogen-bond acceptors (Lipinski definition) is 7. The van der Waals surface area contributed by atoms with Crippen molar-refractivity contribution in [2.75, 3.05) is 38.1 Å². The number of amides is 1. The number of fused-ring (bicyclic) bond motifs is 1. The third-order valence-corrected chi connectivity index (χ3v) is 9.86. The molecule has 0 aromatic heterocycles. The zero-order chi connectivity index (χ0) is 33.3. The van der Waals surface area contributed by atoms with Crippen LogP contribution in [0.25, 0.3) is 0 Å². The minimum atomic E-state index is -3.95. The van der Waals surface area contributed by atoms with Gasteiger partial charge in [0.1, 0.15) is 5.75 Å². The molecule has 1 aliphatic rings. The summed E-state index contributed by atoms with van der Waals surface area (Å²) in [5.74, 6) is -0.0761. The summed E-state index contributed by atoms with van der Waals surface area (Å²) < 4.78 is 41.6. The fourth-order valence-corrected chi connectivity index (χ4v) is 6.72. The number of anilines is 1. The summed E-state index contributed by atoms with van der Waals surface area (Å²) in [6.07, 6.45) is 2.16. The molecule has 11 heteroatoms. The van der Waals surface area contributed by atoms with Gasteiger partial charge in [-0.05, 0) is 88.2 Å². The van der Waals surface area contributed by atoms with E-state index in [0.29, 0.717) is 30.5 Å². The summed E-state index contributed by atoms with van der Waals surface area (Å²) in [5, 5.41) is 10.6. The Labute approximate surface area is 278 Å². The van der Waals surface area contributed by atoms with Gasteiger partial charge >= 0.3 is 0 Å². The van der Waals surface area contributed by atoms with E-state index in [4.69, 9.17) is 21.1 Å². The minimum absolute atomic E-state index is 0.0424. The summed E-state index contributed by atoms with van der Waals surface area (Å²) in [6, 6.07) is 20.3. The normalized spacial score (nSPS) is 20.8. The molecule has 0 saturated heterocycles. The molecule has 0 saturated carbocycles. The van der Waals surface area contributed by atoms with E-state index in [1.54, 1.807) is 24.0 Å². The number of carbonyl (C=O) groups excluding carboxylic acids is 1. The topological polar surface area (TPSA) is 108 Å². The van der Waals surface area contributed by atoms with Crippen LogP contribution < -0.4 is 9.46 Å². The van der Waals surface area contributed by atoms with Crippen molar-refractivity contribution < 1.29 is 27.8 Å². The fraction of sp³-hybridized carbons (Fsp3) is 0.457. The van der Waals surface area contributed by atoms with Crippen LogP contribution in [0.3, 0.4) is 0 Å². The van der Waals surface area contributed by atoms with Crippen LogP contribution in [0, 0.1) is 5.92 Å². The van der Waals surface area contributed by atoms with Crippen molar-refractivity contribution in [3.05, 3.63) is 88.9 Å². The Balaban J connectivity index is 1.64. The lowest BCUT2D eigenvalue weighted by atomic mass is 10.0. The summed E-state index contributed by atoms with van der Waals surface area (Å²) in [4.78, 5) is 18.2. The van der Waals surface area contributed by atoms with Crippen LogP contribution in [-0.2, 0) is 21.3 Å². The Bertz CT molecular complexity index is 1520. The van der Waals surface area contributed by atoms with E-state index in [0.717, 1.165) is 25.8 Å². The molecule has 1 aliphatic heterocycles. The Morgan fingerprint density at radius 3 is 2.48 bits per heavy atom. The largest absolute Gasteiger partial charge is 0.490 e. The van der Waals surface area contributed by atoms with Gasteiger partial charge in [0.25, 0.3) is 15.9 Å². The minimum Gasteiger partial charge on any atom is -0.490 e. The number of rotatable bonds is 9. The molecular formula is C35H46ClN3O6S. The van der Waals surface area contributed by atoms with Crippen molar-refractivity contribution in [3.63, 3.8) is 0 Å². The molecule has 0 radical (unpaired) electrons. The zero-order valence-corrected chi connectivity index (χ0v) is 28.6. The molecule has 4 rings (SSSR count). The van der Waals surface area contributed by atoms with E-state index in [9.17, 15) is 18.3 Å². The fourth-order valence-electron chi connectivity index (χ4n) is 5.54. The van der Waals surface area contributed by atoms with Crippen LogP contribution in [-0.4, -0.2) is 80.8 Å². The van der Waals surface area contributed by atoms with Gasteiger partial charge in [-0.3, -0.25) is 14.4 Å². The maximum absolute atomic E-state index is 14.3. The number of nitrogens with one attached hydrogen (secondary N) is 1. The quantitative estimate of drug-likeness (QED) is 0.284. The molecule has 2 N–H and O–H groups in total. The van der Waals surface area contributed by atoms with Crippen LogP contribution in [0.15, 0.2) is 77.7 Å². The standard InChI is InChI=1S/C35H46ClN3O6S/c1-25-21-39(26(2)24-40)35(41)32-20-30(37-46(42,43)31-16-13-29(36)14-17-31)15-18-33(32)45-27(3)10-8-9-19-44-34(25)23-38(4)22-28-11-6-5-7-12-28/h5-7,11-18,20,25-27,34,37,40H,8-10,19,21-24H2,1-4H3/t25-,26-,27+,34+/m1/s1. The van der Waals surface area contributed by atoms with Crippen LogP contribution in [0.5, 0.6) is 5.75 Å². The summed E-state index contributed by atoms with van der Waals surface area (Å²) in [7, 11) is -1.89. The second-order valence-electron chi connectivity index (χ2n) is 12.3. The Hall–Kier alpha value is -3.15. The van der Waals surface area contributed by atoms with E-state index >= 15 is 0 Å². The molecule has 1 heterocycles. The third-order valence-electron chi connectivity index (χ3n) is 8.21. The molecule has 0 bridgehead atoms. The number of likely N-dealkylation sites (N-methyl/N-ethyl adjacent to an activating group) is 1. The predicted molar refractivity (Wildman–Crippen MR) is 182 cm³/mol. The first-order chi connectivity index (χ1) is 22.0. The van der Waals surface area contributed by atoms with Crippen molar-refractivity contribution in [2.45, 2.75) is 69.7 Å². The molecule has 1 amide bonds. The van der Waals surface area contributed by atoms with Gasteiger partial charge in [0.05, 0.1) is 35.3 Å². The first-order valence-electron chi connectivity index (χ1n) is 15.8. The Morgan fingerprint density at radius 1 is 1.07 bits per heavy atom. The lowest BCUT2D eigenvalue weighted by molar-refractivity contribution is -0.0177. The Kier molecular flexibility index (Phi) is 12.9. The molecule has 46 heavy (non-hydrogen) atoms. The SMILES string of the molecule is C[C@@H]1CN([C@H](C)CO)C(=O)c2cc(NS(=O)(=O)c3ccc(Cl)cc3)ccc2O[C@@H](C)CCCCO[C@H]1CN(C)Cc1ccccc1. The molecule has 0 fully saturated rings. The van der Waals surface area contributed by atoms with E-state index in [1.165, 1.54) is 35.9 Å². The summed E-state index contributed by atoms with van der Waals surface area (Å²) in [6.45, 7) is 7.91. The number of halogens is 1. The first-order valence-corrected chi connectivity index (χ1v) is 17.7. The molecule has 4 atom stereocenters. The van der Waals surface area contributed by atoms with E-state index in [1.807, 2.05) is 25.1 Å². The van der Waals surface area contributed by atoms with Gasteiger partial charge in [-0.1, -0.05) is 48.9 Å². The number of carbonyl (C=O) groups is 1. The lowest BCUT2D eigenvalue weighted by Crippen LogP contribution is -2.47. The maximum Gasteiger partial charge on any atom is 0.261 e. The number of sulfonamides is 1. The zero-order valence-electron chi connectivity index (χ0n) is 27.1. The molecule has 0 unspecified atom stereocenters. The van der Waals surface area contributed by atoms with Crippen LogP contribution in [0.1, 0.15) is 56.0 Å². The van der Waals surface area contributed by atoms with Crippen LogP contribution >= 0.6 is 11.6 Å². The van der Waals surface area contributed by atoms with Crippen molar-refractivity contribution in [3.8, 4) is 5.75 Å². The van der Waals surface area contributed by atoms with Crippen LogP contribution in [0.2, 0.25) is 5.02 Å². The molecule has 9 nitrogen and oxygen atoms in total. The lowest BCUT2D eigenvalue weighted by Gasteiger charge is -2.36. The van der Waals surface area contributed by atoms with Gasteiger partial charge in [-0.25, -0.2) is 8.42 Å². The summed E-state index contributed by atoms with van der Waals surface area (Å²) in [5.41, 5.74) is 1.64. The van der Waals surface area contributed by atoms with E-state index in [2.05, 4.69) is 35.7 Å². The van der Waals surface area contributed by atoms with Crippen molar-refractivity contribution in [1.82, 2.24) is 9.80 Å². The number of nitrogens with zero attached hydrogens (tertiary/aromatic N) is 2. The van der Waals surface area contributed by atoms with Gasteiger partial charge in [0, 0.05) is 42.9 Å². The monoisotopic (exact) mass is 671 g/mol. The smallest absolute Gasteiger partial charge is 0.261 e. The van der Waals surface area contributed by atoms with Gasteiger partial charge in [0.2, 0.25) is 0 Å². The van der Waals surface area contributed by atoms with Crippen molar-refractivity contribution in [2.24, 2.45) is 5.92 Å². The maximum atomic E-state index is 14.3. The molecule has 0 spiro atoms. The number of benzene rings is 3. The first kappa shape index (κ1) is 35.7. The molecule has 0 aliphatic carbocycles. The van der Waals surface area contributed by atoms with Gasteiger partial charge in [0.15, 0.2) is 0 Å². The van der Waals surface area contributed by atoms with E-state index < -0.39 is 16.1 Å². The van der Waals surface area contributed by atoms with Gasteiger partial charge < -0.3 is 19.5 Å². The number of aliphatic hydroxyl groups is 1. The number of aliphatic hydroxyl groups excluding tert-OH is 1. The molecule has 3 aromatic rings. The average Bonchev–Trinajstić information content (AvgIpc) is 3.03. The number of ether oxygens (including phenoxy) is 2. The van der Waals surface area contributed by atoms with Gasteiger partial charge in [-0.15, -0.1) is 0 Å². The predicted octanol–water partition coefficient (Wildman–Crippen LogP) is 6.07. The highest BCUT2D eigenvalue weighted by Gasteiger charge is 2.30. The highest BCUT2D eigenvalue weighted by atomic mass is 35.5. The summed E-state index contributed by atoms with van der Waals surface area (Å²) >= 11 is 5.95. The van der Waals surface area contributed by atoms with E-state index in [-0.39, 0.29) is 46.8 Å². The van der Waals surface area contributed by atoms with Crippen molar-refractivity contribution >= 4 is 33.2 Å². The van der Waals surface area contributed by atoms with Crippen molar-refractivity contribution in [1.29, 1.82) is 0 Å². The highest BCUT2D eigenvalue weighted by molar-refractivity contribution is 7.92. The molecule has 250 valence electrons. The number of hydrogen-bond donors (Lipinski definition) is 2. The highest BCUT2D eigenvalue weighted by Crippen LogP contribution is 2.30. The third kappa shape index (κ3) is 9.92. The Morgan fingerprint density at radius 2 is 1.78 bits per heavy atom. The molecular weight excluding hydrogens is 626 g/mol. The molecule has 3 aromatic carbocycles. The second kappa shape index (κ2) is 16.6. The second-order valence-corrected chi connectivity index (χ2v) is 14.4.